The number of nitrogens with two attached hydrogens (primary N) is 2. The zero-order chi connectivity index (χ0) is 32.0. The standard InChI is InChI=1S/C21H28F2N10O10P2/c22-10-14(39-7-44(35)36)9(42-20(10)32-5-30-12-16(24)26-3-28-18(12)32)2-40-45(37,38)43-15-8(1-34)41-21(11(15)23)33-6-31-13-17(25)27-4-29-19(13)33/h3-6,8-11,14-16,20-21,34,44H,1-2,7,24H2,(H,26,28)(H,35,36)(H,37,38)(H2,25,27,29)/t8-,9-,10?,11?,14?,15?,16?,20-,21-/m1/s1. The van der Waals surface area contributed by atoms with Gasteiger partial charge < -0.3 is 45.9 Å². The van der Waals surface area contributed by atoms with Crippen LogP contribution in [-0.4, -0.2) is 107 Å². The number of aliphatic imine (C=N–C) groups is 1. The fraction of sp³-hybridized carbons (Fsp3) is 0.571. The van der Waals surface area contributed by atoms with Crippen LogP contribution in [0.5, 0.6) is 0 Å². The first kappa shape index (κ1) is 32.0. The molecule has 0 aromatic carbocycles. The molecule has 24 heteroatoms. The molecule has 0 spiro atoms. The van der Waals surface area contributed by atoms with Crippen molar-refractivity contribution in [1.82, 2.24) is 34.4 Å². The van der Waals surface area contributed by atoms with Gasteiger partial charge in [0.15, 0.2) is 42.1 Å². The fourth-order valence-corrected chi connectivity index (χ4v) is 6.47. The van der Waals surface area contributed by atoms with Crippen LogP contribution in [0.1, 0.15) is 24.3 Å². The van der Waals surface area contributed by atoms with E-state index in [1.807, 2.05) is 0 Å². The minimum atomic E-state index is -5.16. The maximum absolute atomic E-state index is 15.7. The second-order valence-electron chi connectivity index (χ2n) is 10.1. The van der Waals surface area contributed by atoms with Gasteiger partial charge in [0.2, 0.25) is 8.03 Å². The van der Waals surface area contributed by atoms with Crippen molar-refractivity contribution in [1.29, 1.82) is 0 Å². The number of nitrogen functional groups attached to an aromatic ring is 1. The highest BCUT2D eigenvalue weighted by molar-refractivity contribution is 7.47. The van der Waals surface area contributed by atoms with Crippen molar-refractivity contribution in [3.63, 3.8) is 0 Å². The van der Waals surface area contributed by atoms with Gasteiger partial charge in [-0.2, -0.15) is 0 Å². The number of hydrogen-bond acceptors (Lipinski definition) is 16. The molecule has 11 atom stereocenters. The molecule has 7 unspecified atom stereocenters. The molecular weight excluding hydrogens is 652 g/mol. The SMILES string of the molecule is Nc1ncnc2c1ncn2[C@@H]1O[C@H](CO)C(OP(=O)(O)OC[C@H]2O[C@@H](n3cnc4c3N=CNC4N)C(F)C2OC[PH](=O)O)C1F. The molecule has 20 nitrogen and oxygen atoms in total. The predicted molar refractivity (Wildman–Crippen MR) is 146 cm³/mol. The Balaban J connectivity index is 1.17. The highest BCUT2D eigenvalue weighted by atomic mass is 31.2. The number of aliphatic hydroxyl groups is 1. The molecule has 0 aliphatic carbocycles. The Hall–Kier alpha value is -3.01. The normalized spacial score (nSPS) is 33.2. The van der Waals surface area contributed by atoms with Gasteiger partial charge >= 0.3 is 7.82 Å². The van der Waals surface area contributed by atoms with Gasteiger partial charge in [-0.3, -0.25) is 22.7 Å². The van der Waals surface area contributed by atoms with Crippen LogP contribution in [0.25, 0.3) is 11.2 Å². The van der Waals surface area contributed by atoms with Gasteiger partial charge in [0, 0.05) is 0 Å². The lowest BCUT2D eigenvalue weighted by molar-refractivity contribution is -0.0622. The number of fused-ring (bicyclic) bond motifs is 2. The first-order valence-electron chi connectivity index (χ1n) is 13.2. The Labute approximate surface area is 251 Å². The van der Waals surface area contributed by atoms with Crippen LogP contribution >= 0.6 is 15.9 Å². The van der Waals surface area contributed by atoms with Gasteiger partial charge in [-0.05, 0) is 0 Å². The van der Waals surface area contributed by atoms with Crippen LogP contribution in [0.15, 0.2) is 24.0 Å². The number of anilines is 1. The second-order valence-corrected chi connectivity index (χ2v) is 12.5. The third-order valence-corrected chi connectivity index (χ3v) is 8.63. The van der Waals surface area contributed by atoms with Gasteiger partial charge in [0.25, 0.3) is 0 Å². The van der Waals surface area contributed by atoms with Crippen LogP contribution in [0.4, 0.5) is 20.4 Å². The summed E-state index contributed by atoms with van der Waals surface area (Å²) < 4.78 is 84.8. The third kappa shape index (κ3) is 6.11. The van der Waals surface area contributed by atoms with Gasteiger partial charge in [0.05, 0.1) is 32.2 Å². The Bertz CT molecular complexity index is 1650. The largest absolute Gasteiger partial charge is 0.472 e. The minimum absolute atomic E-state index is 0.0220. The highest BCUT2D eigenvalue weighted by Gasteiger charge is 2.52. The second kappa shape index (κ2) is 12.6. The Morgan fingerprint density at radius 2 is 1.80 bits per heavy atom. The Morgan fingerprint density at radius 3 is 2.56 bits per heavy atom. The van der Waals surface area contributed by atoms with E-state index < -0.39 is 90.8 Å². The number of hydrogen-bond donors (Lipinski definition) is 6. The summed E-state index contributed by atoms with van der Waals surface area (Å²) in [7, 11) is -8.37. The molecule has 246 valence electrons. The van der Waals surface area contributed by atoms with E-state index in [4.69, 9.17) is 34.7 Å². The molecule has 2 saturated heterocycles. The maximum Gasteiger partial charge on any atom is 0.472 e. The van der Waals surface area contributed by atoms with Crippen molar-refractivity contribution in [2.45, 2.75) is 55.4 Å². The number of phosphoric ester groups is 1. The number of nitrogens with one attached hydrogen (secondary N) is 1. The highest BCUT2D eigenvalue weighted by Crippen LogP contribution is 2.50. The Kier molecular flexibility index (Phi) is 8.98. The van der Waals surface area contributed by atoms with Crippen molar-refractivity contribution < 1.29 is 56.1 Å². The van der Waals surface area contributed by atoms with Crippen molar-refractivity contribution in [3.8, 4) is 0 Å². The summed E-state index contributed by atoms with van der Waals surface area (Å²) in [5.74, 6) is 0.189. The fourth-order valence-electron chi connectivity index (χ4n) is 5.18. The van der Waals surface area contributed by atoms with Crippen LogP contribution in [0, 0.1) is 0 Å². The number of phosphoric acid groups is 1. The average Bonchev–Trinajstić information content (AvgIpc) is 3.76. The van der Waals surface area contributed by atoms with Crippen molar-refractivity contribution in [3.05, 3.63) is 24.7 Å². The molecule has 2 fully saturated rings. The van der Waals surface area contributed by atoms with Crippen LogP contribution < -0.4 is 16.8 Å². The zero-order valence-electron chi connectivity index (χ0n) is 22.8. The molecular formula is C21H28F2N10O10P2. The van der Waals surface area contributed by atoms with E-state index in [0.29, 0.717) is 0 Å². The van der Waals surface area contributed by atoms with Gasteiger partial charge in [-0.1, -0.05) is 0 Å². The van der Waals surface area contributed by atoms with E-state index in [0.717, 1.165) is 10.9 Å². The molecule has 6 heterocycles. The molecule has 3 aromatic heterocycles. The minimum Gasteiger partial charge on any atom is -0.394 e. The molecule has 0 saturated carbocycles. The summed E-state index contributed by atoms with van der Waals surface area (Å²) in [5.41, 5.74) is 12.2. The van der Waals surface area contributed by atoms with Gasteiger partial charge in [-0.15, -0.1) is 0 Å². The number of alkyl halides is 2. The number of aromatic nitrogens is 6. The monoisotopic (exact) mass is 680 g/mol. The third-order valence-electron chi connectivity index (χ3n) is 7.24. The molecule has 0 radical (unpaired) electrons. The molecule has 3 aliphatic heterocycles. The van der Waals surface area contributed by atoms with Crippen molar-refractivity contribution in [2.75, 3.05) is 25.3 Å². The number of rotatable bonds is 11. The molecule has 3 aliphatic rings. The molecule has 0 bridgehead atoms. The molecule has 8 N–H and O–H groups in total. The van der Waals surface area contributed by atoms with Crippen LogP contribution in [0.2, 0.25) is 0 Å². The summed E-state index contributed by atoms with van der Waals surface area (Å²) in [5, 5.41) is 12.5. The summed E-state index contributed by atoms with van der Waals surface area (Å²) in [6.07, 6.45) is -10.0. The number of ether oxygens (including phenoxy) is 3. The summed E-state index contributed by atoms with van der Waals surface area (Å²) >= 11 is 0. The average molecular weight is 680 g/mol. The van der Waals surface area contributed by atoms with E-state index in [2.05, 4.69) is 30.2 Å². The smallest absolute Gasteiger partial charge is 0.394 e. The first-order valence-corrected chi connectivity index (χ1v) is 16.3. The van der Waals surface area contributed by atoms with E-state index in [1.165, 1.54) is 23.6 Å². The van der Waals surface area contributed by atoms with E-state index in [-0.39, 0.29) is 28.5 Å². The summed E-state index contributed by atoms with van der Waals surface area (Å²) in [6, 6.07) is 0. The van der Waals surface area contributed by atoms with Crippen LogP contribution in [-0.2, 0) is 32.4 Å². The number of imidazole rings is 2. The van der Waals surface area contributed by atoms with Crippen molar-refractivity contribution >= 4 is 45.0 Å². The van der Waals surface area contributed by atoms with Crippen LogP contribution in [0.3, 0.4) is 0 Å². The molecule has 0 amide bonds. The zero-order valence-corrected chi connectivity index (χ0v) is 24.7. The van der Waals surface area contributed by atoms with Crippen molar-refractivity contribution in [2.24, 2.45) is 10.7 Å². The van der Waals surface area contributed by atoms with E-state index in [9.17, 15) is 24.0 Å². The lowest BCUT2D eigenvalue weighted by Gasteiger charge is -2.23. The van der Waals surface area contributed by atoms with Gasteiger partial charge in [0.1, 0.15) is 54.5 Å². The topological polar surface area (TPSA) is 279 Å². The molecule has 45 heavy (non-hydrogen) atoms. The lowest BCUT2D eigenvalue weighted by atomic mass is 10.1. The van der Waals surface area contributed by atoms with E-state index in [1.54, 1.807) is 0 Å². The van der Waals surface area contributed by atoms with E-state index >= 15 is 8.78 Å². The molecule has 6 rings (SSSR count). The summed E-state index contributed by atoms with van der Waals surface area (Å²) in [6.45, 7) is -1.65. The number of nitrogens with zero attached hydrogens (tertiary/aromatic N) is 7. The summed E-state index contributed by atoms with van der Waals surface area (Å²) in [4.78, 5) is 39.9. The number of halogens is 2. The lowest BCUT2D eigenvalue weighted by Crippen LogP contribution is -2.35. The molecule has 3 aromatic rings. The maximum atomic E-state index is 15.7. The van der Waals surface area contributed by atoms with Gasteiger partial charge in [-0.25, -0.2) is 38.3 Å². The Morgan fingerprint density at radius 1 is 1.09 bits per heavy atom. The quantitative estimate of drug-likeness (QED) is 0.137. The number of aliphatic hydroxyl groups excluding tert-OH is 1. The first-order chi connectivity index (χ1) is 21.5. The predicted octanol–water partition coefficient (Wildman–Crippen LogP) is -0.699.